The van der Waals surface area contributed by atoms with Crippen LogP contribution in [-0.4, -0.2) is 13.0 Å². The zero-order chi connectivity index (χ0) is 20.1. The Balaban J connectivity index is 1.80. The minimum Gasteiger partial charge on any atom is -0.493 e. The van der Waals surface area contributed by atoms with Crippen molar-refractivity contribution in [2.24, 2.45) is 0 Å². The van der Waals surface area contributed by atoms with Gasteiger partial charge in [-0.25, -0.2) is 4.39 Å². The number of halogens is 3. The number of anilines is 1. The van der Waals surface area contributed by atoms with Crippen molar-refractivity contribution in [1.82, 2.24) is 0 Å². The second-order valence-electron chi connectivity index (χ2n) is 5.84. The zero-order valence-electron chi connectivity index (χ0n) is 14.8. The molecule has 0 saturated carbocycles. The number of ether oxygens (including phenoxy) is 2. The van der Waals surface area contributed by atoms with E-state index in [1.54, 1.807) is 18.2 Å². The molecule has 4 nitrogen and oxygen atoms in total. The fourth-order valence-electron chi connectivity index (χ4n) is 2.51. The summed E-state index contributed by atoms with van der Waals surface area (Å²) in [5, 5.41) is 2.56. The Kier molecular flexibility index (Phi) is 6.70. The van der Waals surface area contributed by atoms with Crippen LogP contribution in [0, 0.1) is 5.82 Å². The fraction of sp³-hybridized carbons (Fsp3) is 0.0952. The summed E-state index contributed by atoms with van der Waals surface area (Å²) in [6.07, 6.45) is 0. The zero-order valence-corrected chi connectivity index (χ0v) is 18.0. The Morgan fingerprint density at radius 1 is 1.07 bits per heavy atom. The molecule has 0 aliphatic carbocycles. The van der Waals surface area contributed by atoms with Crippen LogP contribution in [0.15, 0.2) is 69.6 Å². The average Bonchev–Trinajstić information content (AvgIpc) is 2.69. The summed E-state index contributed by atoms with van der Waals surface area (Å²) in [5.74, 6) is -0.115. The van der Waals surface area contributed by atoms with E-state index in [2.05, 4.69) is 37.2 Å². The summed E-state index contributed by atoms with van der Waals surface area (Å²) in [6, 6.07) is 17.3. The Morgan fingerprint density at radius 3 is 2.50 bits per heavy atom. The average molecular weight is 509 g/mol. The van der Waals surface area contributed by atoms with Crippen molar-refractivity contribution in [2.45, 2.75) is 6.61 Å². The highest BCUT2D eigenvalue weighted by molar-refractivity contribution is 9.10. The number of benzene rings is 3. The molecule has 0 aromatic heterocycles. The highest BCUT2D eigenvalue weighted by atomic mass is 79.9. The van der Waals surface area contributed by atoms with Gasteiger partial charge in [0, 0.05) is 10.0 Å². The Hall–Kier alpha value is -2.38. The van der Waals surface area contributed by atoms with Crippen LogP contribution in [0.1, 0.15) is 15.9 Å². The van der Waals surface area contributed by atoms with Gasteiger partial charge in [0.15, 0.2) is 11.5 Å². The Labute approximate surface area is 178 Å². The molecule has 0 unspecified atom stereocenters. The van der Waals surface area contributed by atoms with Gasteiger partial charge in [0.05, 0.1) is 17.3 Å². The number of amides is 1. The van der Waals surface area contributed by atoms with Gasteiger partial charge in [-0.2, -0.15) is 0 Å². The number of carbonyl (C=O) groups excluding carboxylic acids is 1. The van der Waals surface area contributed by atoms with Gasteiger partial charge in [0.1, 0.15) is 12.4 Å². The molecule has 7 heteroatoms. The summed E-state index contributed by atoms with van der Waals surface area (Å²) in [5.41, 5.74) is 1.40. The van der Waals surface area contributed by atoms with Crippen molar-refractivity contribution >= 4 is 43.5 Å². The number of hydrogen-bond acceptors (Lipinski definition) is 3. The maximum absolute atomic E-state index is 14.0. The molecule has 0 spiro atoms. The van der Waals surface area contributed by atoms with E-state index in [1.807, 2.05) is 30.3 Å². The van der Waals surface area contributed by atoms with E-state index in [1.165, 1.54) is 19.2 Å². The van der Waals surface area contributed by atoms with Gasteiger partial charge in [-0.05, 0) is 51.8 Å². The quantitative estimate of drug-likeness (QED) is 0.431. The Morgan fingerprint density at radius 2 is 1.82 bits per heavy atom. The monoisotopic (exact) mass is 507 g/mol. The van der Waals surface area contributed by atoms with Crippen LogP contribution in [0.25, 0.3) is 0 Å². The second-order valence-corrected chi connectivity index (χ2v) is 7.61. The highest BCUT2D eigenvalue weighted by Gasteiger charge is 2.17. The molecule has 0 fully saturated rings. The van der Waals surface area contributed by atoms with Crippen molar-refractivity contribution in [3.8, 4) is 11.5 Å². The maximum Gasteiger partial charge on any atom is 0.255 e. The molecule has 0 aliphatic heterocycles. The second kappa shape index (κ2) is 9.21. The van der Waals surface area contributed by atoms with Crippen molar-refractivity contribution in [1.29, 1.82) is 0 Å². The third kappa shape index (κ3) is 4.91. The lowest BCUT2D eigenvalue weighted by Crippen LogP contribution is -2.13. The molecule has 28 heavy (non-hydrogen) atoms. The van der Waals surface area contributed by atoms with Crippen LogP contribution in [0.5, 0.6) is 11.5 Å². The molecule has 3 aromatic carbocycles. The van der Waals surface area contributed by atoms with E-state index in [9.17, 15) is 9.18 Å². The van der Waals surface area contributed by atoms with Crippen LogP contribution >= 0.6 is 31.9 Å². The maximum atomic E-state index is 14.0. The molecule has 144 valence electrons. The van der Waals surface area contributed by atoms with Gasteiger partial charge < -0.3 is 14.8 Å². The van der Waals surface area contributed by atoms with Crippen molar-refractivity contribution in [3.63, 3.8) is 0 Å². The topological polar surface area (TPSA) is 47.6 Å². The molecule has 1 N–H and O–H groups in total. The molecule has 0 heterocycles. The van der Waals surface area contributed by atoms with Crippen molar-refractivity contribution < 1.29 is 18.7 Å². The number of rotatable bonds is 6. The van der Waals surface area contributed by atoms with Crippen molar-refractivity contribution in [2.75, 3.05) is 12.4 Å². The van der Waals surface area contributed by atoms with Crippen LogP contribution < -0.4 is 14.8 Å². The molecule has 3 aromatic rings. The molecular weight excluding hydrogens is 493 g/mol. The van der Waals surface area contributed by atoms with Gasteiger partial charge >= 0.3 is 0 Å². The Bertz CT molecular complexity index is 996. The normalized spacial score (nSPS) is 10.4. The summed E-state index contributed by atoms with van der Waals surface area (Å²) < 4.78 is 26.4. The summed E-state index contributed by atoms with van der Waals surface area (Å²) in [4.78, 5) is 12.6. The van der Waals surface area contributed by atoms with Crippen LogP contribution in [-0.2, 0) is 6.61 Å². The standard InChI is InChI=1S/C21H16Br2FNO3/c1-27-19-10-14(21(26)25-18-8-7-15(22)11-17(18)24)9-16(23)20(19)28-12-13-5-3-2-4-6-13/h2-11H,12H2,1H3,(H,25,26). The van der Waals surface area contributed by atoms with Gasteiger partial charge in [-0.3, -0.25) is 4.79 Å². The smallest absolute Gasteiger partial charge is 0.255 e. The largest absolute Gasteiger partial charge is 0.493 e. The van der Waals surface area contributed by atoms with E-state index < -0.39 is 11.7 Å². The fourth-order valence-corrected chi connectivity index (χ4v) is 3.40. The molecule has 1 amide bonds. The SMILES string of the molecule is COc1cc(C(=O)Nc2ccc(Br)cc2F)cc(Br)c1OCc1ccccc1. The first-order chi connectivity index (χ1) is 13.5. The lowest BCUT2D eigenvalue weighted by Gasteiger charge is -2.15. The summed E-state index contributed by atoms with van der Waals surface area (Å²) in [7, 11) is 1.49. The first-order valence-electron chi connectivity index (χ1n) is 8.28. The predicted octanol–water partition coefficient (Wildman–Crippen LogP) is 6.19. The molecule has 0 bridgehead atoms. The minimum absolute atomic E-state index is 0.0905. The van der Waals surface area contributed by atoms with Gasteiger partial charge in [0.2, 0.25) is 0 Å². The first kappa shape index (κ1) is 20.4. The molecular formula is C21H16Br2FNO3. The minimum atomic E-state index is -0.531. The van der Waals surface area contributed by atoms with Gasteiger partial charge in [-0.1, -0.05) is 46.3 Å². The lowest BCUT2D eigenvalue weighted by molar-refractivity contribution is 0.102. The summed E-state index contributed by atoms with van der Waals surface area (Å²) >= 11 is 6.61. The van der Waals surface area contributed by atoms with E-state index in [0.29, 0.717) is 32.6 Å². The van der Waals surface area contributed by atoms with Crippen LogP contribution in [0.4, 0.5) is 10.1 Å². The molecule has 0 saturated heterocycles. The number of methoxy groups -OCH3 is 1. The number of nitrogens with one attached hydrogen (secondary N) is 1. The number of hydrogen-bond donors (Lipinski definition) is 1. The van der Waals surface area contributed by atoms with E-state index in [0.717, 1.165) is 5.56 Å². The van der Waals surface area contributed by atoms with E-state index >= 15 is 0 Å². The molecule has 0 radical (unpaired) electrons. The first-order valence-corrected chi connectivity index (χ1v) is 9.87. The van der Waals surface area contributed by atoms with E-state index in [4.69, 9.17) is 9.47 Å². The van der Waals surface area contributed by atoms with Crippen LogP contribution in [0.3, 0.4) is 0 Å². The number of carbonyl (C=O) groups is 1. The van der Waals surface area contributed by atoms with Crippen LogP contribution in [0.2, 0.25) is 0 Å². The molecule has 0 atom stereocenters. The lowest BCUT2D eigenvalue weighted by atomic mass is 10.1. The third-order valence-electron chi connectivity index (χ3n) is 3.90. The highest BCUT2D eigenvalue weighted by Crippen LogP contribution is 2.37. The summed E-state index contributed by atoms with van der Waals surface area (Å²) in [6.45, 7) is 0.353. The van der Waals surface area contributed by atoms with Crippen molar-refractivity contribution in [3.05, 3.63) is 86.6 Å². The predicted molar refractivity (Wildman–Crippen MR) is 114 cm³/mol. The molecule has 0 aliphatic rings. The van der Waals surface area contributed by atoms with Gasteiger partial charge in [-0.15, -0.1) is 0 Å². The van der Waals surface area contributed by atoms with E-state index in [-0.39, 0.29) is 5.69 Å². The third-order valence-corrected chi connectivity index (χ3v) is 4.98. The molecule has 3 rings (SSSR count). The van der Waals surface area contributed by atoms with Gasteiger partial charge in [0.25, 0.3) is 5.91 Å².